The molecule has 24 heavy (non-hydrogen) atoms. The molecule has 2 aliphatic rings. The number of hydrogen-bond acceptors (Lipinski definition) is 3. The molecule has 0 bridgehead atoms. The van der Waals surface area contributed by atoms with Crippen molar-refractivity contribution in [2.75, 3.05) is 13.2 Å². The zero-order valence-electron chi connectivity index (χ0n) is 13.1. The fourth-order valence-corrected chi connectivity index (χ4v) is 2.74. The van der Waals surface area contributed by atoms with Crippen LogP contribution in [0.2, 0.25) is 0 Å². The minimum Gasteiger partial charge on any atom is -0.472 e. The van der Waals surface area contributed by atoms with Crippen molar-refractivity contribution >= 4 is 5.91 Å². The molecule has 0 N–H and O–H groups in total. The van der Waals surface area contributed by atoms with E-state index in [-0.39, 0.29) is 13.1 Å². The molecule has 1 aromatic heterocycles. The average Bonchev–Trinajstić information content (AvgIpc) is 2.94. The molecule has 130 valence electrons. The fourth-order valence-electron chi connectivity index (χ4n) is 2.74. The minimum atomic E-state index is -4.48. The molecule has 0 saturated heterocycles. The molecular weight excluding hydrogens is 323 g/mol. The van der Waals surface area contributed by atoms with Gasteiger partial charge in [0.15, 0.2) is 0 Å². The van der Waals surface area contributed by atoms with Crippen molar-refractivity contribution < 1.29 is 22.7 Å². The number of amides is 1. The average molecular weight is 341 g/mol. The first-order chi connectivity index (χ1) is 11.4. The van der Waals surface area contributed by atoms with Crippen molar-refractivity contribution in [3.05, 3.63) is 35.6 Å². The van der Waals surface area contributed by atoms with Crippen molar-refractivity contribution in [2.45, 2.75) is 38.5 Å². The topological polar surface area (TPSA) is 47.4 Å². The number of allylic oxidation sites excluding steroid dienone is 2. The molecule has 8 heteroatoms. The van der Waals surface area contributed by atoms with Crippen LogP contribution in [0.1, 0.15) is 25.0 Å². The molecule has 1 aromatic rings. The van der Waals surface area contributed by atoms with E-state index in [1.165, 1.54) is 4.90 Å². The molecule has 0 fully saturated rings. The smallest absolute Gasteiger partial charge is 0.397 e. The number of carbonyl (C=O) groups excluding carboxylic acids is 1. The summed E-state index contributed by atoms with van der Waals surface area (Å²) >= 11 is 0. The maximum atomic E-state index is 12.3. The summed E-state index contributed by atoms with van der Waals surface area (Å²) in [7, 11) is 0. The van der Waals surface area contributed by atoms with Crippen LogP contribution in [-0.2, 0) is 17.9 Å². The molecule has 1 aliphatic carbocycles. The first kappa shape index (κ1) is 16.6. The quantitative estimate of drug-likeness (QED) is 0.846. The highest BCUT2D eigenvalue weighted by Crippen LogP contribution is 2.24. The molecule has 1 amide bonds. The van der Waals surface area contributed by atoms with Gasteiger partial charge in [0.25, 0.3) is 0 Å². The fraction of sp³-hybridized carbons (Fsp3) is 0.500. The third-order valence-corrected chi connectivity index (χ3v) is 3.94. The third kappa shape index (κ3) is 4.18. The molecule has 0 unspecified atom stereocenters. The predicted octanol–water partition coefficient (Wildman–Crippen LogP) is 2.83. The first-order valence-electron chi connectivity index (χ1n) is 7.80. The van der Waals surface area contributed by atoms with Crippen LogP contribution in [0.5, 0.6) is 5.88 Å². The van der Waals surface area contributed by atoms with E-state index in [9.17, 15) is 18.0 Å². The Hall–Kier alpha value is -2.25. The van der Waals surface area contributed by atoms with Gasteiger partial charge in [0.1, 0.15) is 13.0 Å². The van der Waals surface area contributed by atoms with Crippen molar-refractivity contribution in [1.82, 2.24) is 14.7 Å². The van der Waals surface area contributed by atoms with E-state index in [0.29, 0.717) is 24.7 Å². The SMILES string of the molecule is O=C(CC(F)(F)F)N1CCn2nc(OCC3=CCCC=C3)cc2C1. The Labute approximate surface area is 137 Å². The standard InChI is InChI=1S/C16H18F3N3O2/c17-16(18,19)9-15(23)21-6-7-22-13(10-21)8-14(20-22)24-11-12-4-2-1-3-5-12/h2,4-5,8H,1,3,6-7,9-11H2. The summed E-state index contributed by atoms with van der Waals surface area (Å²) in [4.78, 5) is 12.9. The monoisotopic (exact) mass is 341 g/mol. The van der Waals surface area contributed by atoms with Gasteiger partial charge in [-0.25, -0.2) is 0 Å². The second-order valence-electron chi connectivity index (χ2n) is 5.85. The van der Waals surface area contributed by atoms with Crippen LogP contribution >= 0.6 is 0 Å². The summed E-state index contributed by atoms with van der Waals surface area (Å²) in [6.45, 7) is 1.11. The number of hydrogen-bond donors (Lipinski definition) is 0. The van der Waals surface area contributed by atoms with Crippen LogP contribution in [0.15, 0.2) is 29.9 Å². The summed E-state index contributed by atoms with van der Waals surface area (Å²) in [5, 5.41) is 4.29. The Morgan fingerprint density at radius 3 is 2.83 bits per heavy atom. The number of alkyl halides is 3. The van der Waals surface area contributed by atoms with Gasteiger partial charge >= 0.3 is 6.18 Å². The Morgan fingerprint density at radius 1 is 1.29 bits per heavy atom. The van der Waals surface area contributed by atoms with E-state index in [0.717, 1.165) is 18.4 Å². The van der Waals surface area contributed by atoms with Gasteiger partial charge in [0, 0.05) is 12.6 Å². The van der Waals surface area contributed by atoms with Crippen LogP contribution in [0.25, 0.3) is 0 Å². The molecule has 0 saturated carbocycles. The minimum absolute atomic E-state index is 0.119. The van der Waals surface area contributed by atoms with E-state index >= 15 is 0 Å². The lowest BCUT2D eigenvalue weighted by molar-refractivity contribution is -0.162. The predicted molar refractivity (Wildman–Crippen MR) is 80.3 cm³/mol. The number of rotatable bonds is 4. The van der Waals surface area contributed by atoms with Crippen LogP contribution in [0.3, 0.4) is 0 Å². The summed E-state index contributed by atoms with van der Waals surface area (Å²) < 4.78 is 44.3. The summed E-state index contributed by atoms with van der Waals surface area (Å²) in [5.74, 6) is -0.482. The maximum Gasteiger partial charge on any atom is 0.397 e. The van der Waals surface area contributed by atoms with Crippen LogP contribution in [0.4, 0.5) is 13.2 Å². The van der Waals surface area contributed by atoms with E-state index in [1.807, 2.05) is 6.08 Å². The lowest BCUT2D eigenvalue weighted by Crippen LogP contribution is -2.40. The Balaban J connectivity index is 1.59. The van der Waals surface area contributed by atoms with Gasteiger partial charge in [-0.05, 0) is 18.4 Å². The van der Waals surface area contributed by atoms with Gasteiger partial charge in [-0.15, -0.1) is 5.10 Å². The summed E-state index contributed by atoms with van der Waals surface area (Å²) in [6.07, 6.45) is 2.32. The largest absolute Gasteiger partial charge is 0.472 e. The second kappa shape index (κ2) is 6.70. The molecule has 5 nitrogen and oxygen atoms in total. The second-order valence-corrected chi connectivity index (χ2v) is 5.85. The molecule has 0 radical (unpaired) electrons. The zero-order chi connectivity index (χ0) is 17.2. The van der Waals surface area contributed by atoms with Crippen LogP contribution in [-0.4, -0.2) is 39.9 Å². The third-order valence-electron chi connectivity index (χ3n) is 3.94. The first-order valence-corrected chi connectivity index (χ1v) is 7.80. The lowest BCUT2D eigenvalue weighted by atomic mass is 10.1. The van der Waals surface area contributed by atoms with Crippen molar-refractivity contribution in [3.63, 3.8) is 0 Å². The Morgan fingerprint density at radius 2 is 2.12 bits per heavy atom. The summed E-state index contributed by atoms with van der Waals surface area (Å²) in [6, 6.07) is 1.68. The Bertz CT molecular complexity index is 677. The van der Waals surface area contributed by atoms with Gasteiger partial charge in [0.05, 0.1) is 18.8 Å². The van der Waals surface area contributed by atoms with Gasteiger partial charge in [-0.1, -0.05) is 18.2 Å². The number of aromatic nitrogens is 2. The number of carbonyl (C=O) groups is 1. The molecule has 2 heterocycles. The highest BCUT2D eigenvalue weighted by Gasteiger charge is 2.34. The van der Waals surface area contributed by atoms with Crippen molar-refractivity contribution in [2.24, 2.45) is 0 Å². The van der Waals surface area contributed by atoms with Crippen LogP contribution < -0.4 is 4.74 Å². The molecule has 0 spiro atoms. The molecular formula is C16H18F3N3O2. The van der Waals surface area contributed by atoms with Gasteiger partial charge in [-0.2, -0.15) is 13.2 Å². The molecule has 0 atom stereocenters. The van der Waals surface area contributed by atoms with E-state index < -0.39 is 18.5 Å². The van der Waals surface area contributed by atoms with Crippen molar-refractivity contribution in [3.8, 4) is 5.88 Å². The highest BCUT2D eigenvalue weighted by molar-refractivity contribution is 5.76. The van der Waals surface area contributed by atoms with Crippen molar-refractivity contribution in [1.29, 1.82) is 0 Å². The number of fused-ring (bicyclic) bond motifs is 1. The van der Waals surface area contributed by atoms with E-state index in [2.05, 4.69) is 17.3 Å². The summed E-state index contributed by atoms with van der Waals surface area (Å²) in [5.41, 5.74) is 1.76. The maximum absolute atomic E-state index is 12.3. The number of ether oxygens (including phenoxy) is 1. The van der Waals surface area contributed by atoms with Crippen LogP contribution in [0, 0.1) is 0 Å². The molecule has 3 rings (SSSR count). The van der Waals surface area contributed by atoms with Gasteiger partial charge in [0.2, 0.25) is 11.8 Å². The highest BCUT2D eigenvalue weighted by atomic mass is 19.4. The Kier molecular flexibility index (Phi) is 4.64. The van der Waals surface area contributed by atoms with Gasteiger partial charge < -0.3 is 9.64 Å². The number of halogens is 3. The molecule has 1 aliphatic heterocycles. The van der Waals surface area contributed by atoms with E-state index in [4.69, 9.17) is 4.74 Å². The molecule has 0 aromatic carbocycles. The van der Waals surface area contributed by atoms with E-state index in [1.54, 1.807) is 10.7 Å². The number of nitrogens with zero attached hydrogens (tertiary/aromatic N) is 3. The normalized spacial score (nSPS) is 17.5. The lowest BCUT2D eigenvalue weighted by Gasteiger charge is -2.27. The van der Waals surface area contributed by atoms with Gasteiger partial charge in [-0.3, -0.25) is 9.48 Å². The zero-order valence-corrected chi connectivity index (χ0v) is 13.1.